The van der Waals surface area contributed by atoms with Gasteiger partial charge < -0.3 is 29.7 Å². The van der Waals surface area contributed by atoms with E-state index >= 15 is 0 Å². The van der Waals surface area contributed by atoms with E-state index in [2.05, 4.69) is 19.1 Å². The van der Waals surface area contributed by atoms with Crippen molar-refractivity contribution in [3.63, 3.8) is 0 Å². The summed E-state index contributed by atoms with van der Waals surface area (Å²) < 4.78 is 11.9. The second-order valence-corrected chi connectivity index (χ2v) is 12.7. The van der Waals surface area contributed by atoms with Crippen LogP contribution in [0.4, 0.5) is 0 Å². The van der Waals surface area contributed by atoms with E-state index in [1.165, 1.54) is 4.90 Å². The number of piperidine rings is 1. The number of carbonyl (C=O) groups is 2. The quantitative estimate of drug-likeness (QED) is 0.267. The van der Waals surface area contributed by atoms with Crippen LogP contribution in [0.3, 0.4) is 0 Å². The van der Waals surface area contributed by atoms with Crippen molar-refractivity contribution < 1.29 is 34.4 Å². The van der Waals surface area contributed by atoms with Crippen molar-refractivity contribution in [3.05, 3.63) is 36.0 Å². The molecule has 3 rings (SSSR count). The van der Waals surface area contributed by atoms with Crippen molar-refractivity contribution >= 4 is 11.9 Å². The third-order valence-electron chi connectivity index (χ3n) is 9.39. The van der Waals surface area contributed by atoms with Crippen LogP contribution in [-0.2, 0) is 19.1 Å². The van der Waals surface area contributed by atoms with Crippen molar-refractivity contribution in [2.24, 2.45) is 17.8 Å². The number of amides is 1. The molecule has 3 fully saturated rings. The number of carboxylic acid groups (broad SMARTS) is 1. The smallest absolute Gasteiger partial charge is 0.326 e. The van der Waals surface area contributed by atoms with E-state index in [1.807, 2.05) is 32.1 Å². The number of hydrogen-bond donors (Lipinski definition) is 3. The van der Waals surface area contributed by atoms with Gasteiger partial charge in [-0.25, -0.2) is 4.79 Å². The molecule has 232 valence electrons. The van der Waals surface area contributed by atoms with E-state index in [1.54, 1.807) is 7.11 Å². The van der Waals surface area contributed by atoms with Crippen LogP contribution in [0.5, 0.6) is 0 Å². The zero-order valence-corrected chi connectivity index (χ0v) is 25.5. The van der Waals surface area contributed by atoms with Crippen LogP contribution in [-0.4, -0.2) is 75.9 Å². The summed E-state index contributed by atoms with van der Waals surface area (Å²) in [5, 5.41) is 30.7. The minimum atomic E-state index is -1.63. The number of aliphatic hydroxyl groups is 2. The van der Waals surface area contributed by atoms with Gasteiger partial charge in [-0.3, -0.25) is 4.79 Å². The maximum absolute atomic E-state index is 13.1. The fourth-order valence-corrected chi connectivity index (χ4v) is 6.64. The zero-order chi connectivity index (χ0) is 30.0. The molecule has 6 atom stereocenters. The monoisotopic (exact) mass is 575 g/mol. The van der Waals surface area contributed by atoms with Crippen LogP contribution >= 0.6 is 0 Å². The molecule has 3 aliphatic rings. The molecule has 2 saturated heterocycles. The Hall–Kier alpha value is -2.00. The van der Waals surface area contributed by atoms with Gasteiger partial charge in [-0.2, -0.15) is 0 Å². The molecule has 0 aromatic heterocycles. The van der Waals surface area contributed by atoms with E-state index in [4.69, 9.17) is 9.47 Å². The number of likely N-dealkylation sites (tertiary alicyclic amines) is 1. The highest BCUT2D eigenvalue weighted by atomic mass is 16.6. The average Bonchev–Trinajstić information content (AvgIpc) is 2.94. The SMILES string of the molecule is CO[C@@H](C[C@@H]1CC[C@@H](C)[C@](O)(CC(=O)N2CCCC[C@H]2C(=O)O)O1)/C(C)=C/C=C/C=C/[C@@H](C)CC1CCC(O)CC1. The topological polar surface area (TPSA) is 117 Å². The average molecular weight is 576 g/mol. The number of methoxy groups -OCH3 is 1. The summed E-state index contributed by atoms with van der Waals surface area (Å²) in [6.07, 6.45) is 18.9. The third-order valence-corrected chi connectivity index (χ3v) is 9.39. The van der Waals surface area contributed by atoms with Gasteiger partial charge >= 0.3 is 5.97 Å². The Labute approximate surface area is 246 Å². The Bertz CT molecular complexity index is 938. The van der Waals surface area contributed by atoms with Gasteiger partial charge in [0.25, 0.3) is 0 Å². The Morgan fingerprint density at radius 2 is 1.78 bits per heavy atom. The van der Waals surface area contributed by atoms with Crippen molar-refractivity contribution in [2.75, 3.05) is 13.7 Å². The molecule has 8 nitrogen and oxygen atoms in total. The highest BCUT2D eigenvalue weighted by molar-refractivity contribution is 5.84. The van der Waals surface area contributed by atoms with Crippen LogP contribution in [0.2, 0.25) is 0 Å². The molecule has 2 heterocycles. The molecule has 3 N–H and O–H groups in total. The first kappa shape index (κ1) is 33.5. The zero-order valence-electron chi connectivity index (χ0n) is 25.5. The van der Waals surface area contributed by atoms with Gasteiger partial charge in [0.15, 0.2) is 5.79 Å². The van der Waals surface area contributed by atoms with E-state index < -0.39 is 17.8 Å². The number of rotatable bonds is 12. The fourth-order valence-electron chi connectivity index (χ4n) is 6.64. The lowest BCUT2D eigenvalue weighted by atomic mass is 9.82. The molecule has 8 heteroatoms. The lowest BCUT2D eigenvalue weighted by Gasteiger charge is -2.44. The molecular weight excluding hydrogens is 522 g/mol. The predicted molar refractivity (Wildman–Crippen MR) is 159 cm³/mol. The summed E-state index contributed by atoms with van der Waals surface area (Å²) >= 11 is 0. The van der Waals surface area contributed by atoms with Gasteiger partial charge in [0.2, 0.25) is 5.91 Å². The molecule has 41 heavy (non-hydrogen) atoms. The first-order valence-electron chi connectivity index (χ1n) is 15.7. The second kappa shape index (κ2) is 16.0. The summed E-state index contributed by atoms with van der Waals surface area (Å²) in [7, 11) is 1.67. The normalized spacial score (nSPS) is 33.3. The Balaban J connectivity index is 1.51. The third kappa shape index (κ3) is 10.1. The number of aliphatic hydroxyl groups excluding tert-OH is 1. The van der Waals surface area contributed by atoms with Gasteiger partial charge in [0.05, 0.1) is 24.7 Å². The van der Waals surface area contributed by atoms with Gasteiger partial charge in [-0.1, -0.05) is 44.2 Å². The predicted octanol–water partition coefficient (Wildman–Crippen LogP) is 5.39. The molecule has 0 aromatic carbocycles. The first-order chi connectivity index (χ1) is 19.5. The molecule has 1 aliphatic carbocycles. The number of ether oxygens (including phenoxy) is 2. The summed E-state index contributed by atoms with van der Waals surface area (Å²) in [6, 6.07) is -0.835. The van der Waals surface area contributed by atoms with E-state index in [0.29, 0.717) is 37.6 Å². The summed E-state index contributed by atoms with van der Waals surface area (Å²) in [5.74, 6) is -2.02. The Morgan fingerprint density at radius 3 is 2.46 bits per heavy atom. The van der Waals surface area contributed by atoms with Gasteiger partial charge in [-0.15, -0.1) is 0 Å². The van der Waals surface area contributed by atoms with Crippen molar-refractivity contribution in [1.29, 1.82) is 0 Å². The van der Waals surface area contributed by atoms with Crippen LogP contribution in [0.15, 0.2) is 36.0 Å². The van der Waals surface area contributed by atoms with Crippen molar-refractivity contribution in [3.8, 4) is 0 Å². The largest absolute Gasteiger partial charge is 0.480 e. The maximum atomic E-state index is 13.1. The first-order valence-corrected chi connectivity index (χ1v) is 15.7. The van der Waals surface area contributed by atoms with Crippen LogP contribution < -0.4 is 0 Å². The Kier molecular flexibility index (Phi) is 13.1. The number of aliphatic carboxylic acids is 1. The lowest BCUT2D eigenvalue weighted by molar-refractivity contribution is -0.284. The fraction of sp³-hybridized carbons (Fsp3) is 0.758. The number of hydrogen-bond acceptors (Lipinski definition) is 6. The molecule has 2 aliphatic heterocycles. The molecule has 0 radical (unpaired) electrons. The molecule has 1 amide bonds. The highest BCUT2D eigenvalue weighted by Crippen LogP contribution is 2.38. The van der Waals surface area contributed by atoms with E-state index in [9.17, 15) is 24.9 Å². The van der Waals surface area contributed by atoms with Crippen molar-refractivity contribution in [1.82, 2.24) is 4.90 Å². The minimum absolute atomic E-state index is 0.104. The number of carbonyl (C=O) groups excluding carboxylic acids is 1. The maximum Gasteiger partial charge on any atom is 0.326 e. The molecule has 0 spiro atoms. The summed E-state index contributed by atoms with van der Waals surface area (Å²) in [6.45, 7) is 6.54. The van der Waals surface area contributed by atoms with Crippen LogP contribution in [0.25, 0.3) is 0 Å². The number of allylic oxidation sites excluding steroid dienone is 5. The van der Waals surface area contributed by atoms with E-state index in [0.717, 1.165) is 56.9 Å². The lowest BCUT2D eigenvalue weighted by Crippen LogP contribution is -2.54. The molecule has 0 bridgehead atoms. The molecule has 0 aromatic rings. The molecule has 1 saturated carbocycles. The number of nitrogens with zero attached hydrogens (tertiary/aromatic N) is 1. The van der Waals surface area contributed by atoms with Gasteiger partial charge in [-0.05, 0) is 88.5 Å². The highest BCUT2D eigenvalue weighted by Gasteiger charge is 2.45. The summed E-state index contributed by atoms with van der Waals surface area (Å²) in [4.78, 5) is 26.2. The summed E-state index contributed by atoms with van der Waals surface area (Å²) in [5.41, 5.74) is 1.05. The molecular formula is C33H53NO7. The Morgan fingerprint density at radius 1 is 1.05 bits per heavy atom. The van der Waals surface area contributed by atoms with Crippen molar-refractivity contribution in [2.45, 2.75) is 128 Å². The van der Waals surface area contributed by atoms with E-state index in [-0.39, 0.29) is 36.6 Å². The minimum Gasteiger partial charge on any atom is -0.480 e. The number of carboxylic acids is 1. The van der Waals surface area contributed by atoms with Gasteiger partial charge in [0.1, 0.15) is 6.04 Å². The van der Waals surface area contributed by atoms with Gasteiger partial charge in [0, 0.05) is 26.0 Å². The standard InChI is InChI=1S/C33H53NO7/c1-23(20-26-14-16-27(35)17-15-26)10-6-5-7-11-24(2)30(40-4)21-28-18-13-25(3)33(39,41-28)22-31(36)34-19-9-8-12-29(34)32(37)38/h5-7,10-11,23,25-30,35,39H,8-9,12-22H2,1-4H3,(H,37,38)/b7-5+,10-6+,24-11+/t23-,25-,26?,27?,28+,29+,30+,33+/m1/s1. The second-order valence-electron chi connectivity index (χ2n) is 12.7. The molecule has 0 unspecified atom stereocenters. The van der Waals surface area contributed by atoms with Crippen LogP contribution in [0.1, 0.15) is 97.8 Å². The van der Waals surface area contributed by atoms with Crippen LogP contribution in [0, 0.1) is 17.8 Å².